The number of nitriles is 1. The van der Waals surface area contributed by atoms with Crippen molar-refractivity contribution >= 4 is 23.1 Å². The van der Waals surface area contributed by atoms with Crippen LogP contribution in [0.3, 0.4) is 0 Å². The van der Waals surface area contributed by atoms with E-state index in [1.807, 2.05) is 19.9 Å². The first-order valence-corrected chi connectivity index (χ1v) is 11.2. The van der Waals surface area contributed by atoms with Crippen molar-refractivity contribution in [1.82, 2.24) is 4.57 Å². The molecule has 0 unspecified atom stereocenters. The lowest BCUT2D eigenvalue weighted by molar-refractivity contribution is -0.680. The van der Waals surface area contributed by atoms with Crippen LogP contribution >= 0.6 is 11.3 Å². The van der Waals surface area contributed by atoms with Gasteiger partial charge in [-0.3, -0.25) is 4.79 Å². The van der Waals surface area contributed by atoms with E-state index in [9.17, 15) is 10.1 Å². The molecule has 0 atom stereocenters. The number of quaternary nitrogens is 1. The first kappa shape index (κ1) is 20.6. The Kier molecular flexibility index (Phi) is 7.30. The molecule has 1 aliphatic carbocycles. The van der Waals surface area contributed by atoms with Crippen LogP contribution in [0.2, 0.25) is 0 Å². The lowest BCUT2D eigenvalue weighted by Crippen LogP contribution is -2.91. The molecule has 2 aromatic rings. The lowest BCUT2D eigenvalue weighted by atomic mass is 9.97. The van der Waals surface area contributed by atoms with Gasteiger partial charge in [-0.05, 0) is 56.5 Å². The predicted molar refractivity (Wildman–Crippen MR) is 114 cm³/mol. The summed E-state index contributed by atoms with van der Waals surface area (Å²) in [5.74, 6) is 0.616. The third-order valence-corrected chi connectivity index (χ3v) is 6.74. The molecule has 3 rings (SSSR count). The molecule has 0 saturated heterocycles. The van der Waals surface area contributed by atoms with Crippen LogP contribution in [0.15, 0.2) is 17.5 Å². The van der Waals surface area contributed by atoms with Gasteiger partial charge >= 0.3 is 0 Å². The van der Waals surface area contributed by atoms with Gasteiger partial charge in [-0.25, -0.2) is 0 Å². The summed E-state index contributed by atoms with van der Waals surface area (Å²) in [7, 11) is 0. The number of aromatic nitrogens is 1. The third kappa shape index (κ3) is 5.03. The zero-order valence-corrected chi connectivity index (χ0v) is 17.8. The molecule has 2 aromatic heterocycles. The molecule has 1 aliphatic rings. The molecule has 1 saturated carbocycles. The van der Waals surface area contributed by atoms with E-state index in [1.165, 1.54) is 49.8 Å². The largest absolute Gasteiger partial charge is 0.336 e. The number of nitrogens with two attached hydrogens (primary N) is 1. The first-order chi connectivity index (χ1) is 13.6. The third-order valence-electron chi connectivity index (χ3n) is 5.88. The van der Waals surface area contributed by atoms with Gasteiger partial charge in [-0.2, -0.15) is 5.26 Å². The molecule has 28 heavy (non-hydrogen) atoms. The number of anilines is 1. The van der Waals surface area contributed by atoms with Crippen molar-refractivity contribution in [2.45, 2.75) is 71.4 Å². The van der Waals surface area contributed by atoms with Crippen molar-refractivity contribution < 1.29 is 10.1 Å². The molecule has 3 N–H and O–H groups in total. The van der Waals surface area contributed by atoms with Crippen LogP contribution in [0.1, 0.15) is 66.6 Å². The van der Waals surface area contributed by atoms with E-state index in [-0.39, 0.29) is 5.91 Å². The van der Waals surface area contributed by atoms with Gasteiger partial charge in [-0.1, -0.05) is 25.3 Å². The van der Waals surface area contributed by atoms with Crippen LogP contribution in [0.25, 0.3) is 0 Å². The van der Waals surface area contributed by atoms with Crippen LogP contribution in [0.4, 0.5) is 5.82 Å². The first-order valence-electron chi connectivity index (χ1n) is 10.4. The van der Waals surface area contributed by atoms with Crippen LogP contribution in [-0.2, 0) is 11.3 Å². The minimum absolute atomic E-state index is 0.0245. The molecule has 5 nitrogen and oxygen atoms in total. The van der Waals surface area contributed by atoms with Crippen molar-refractivity contribution in [2.75, 3.05) is 11.9 Å². The van der Waals surface area contributed by atoms with Gasteiger partial charge < -0.3 is 15.2 Å². The fourth-order valence-electron chi connectivity index (χ4n) is 4.07. The Morgan fingerprint density at radius 2 is 2.00 bits per heavy atom. The summed E-state index contributed by atoms with van der Waals surface area (Å²) in [6.07, 6.45) is 8.91. The van der Waals surface area contributed by atoms with Gasteiger partial charge in [0.1, 0.15) is 11.9 Å². The van der Waals surface area contributed by atoms with E-state index in [2.05, 4.69) is 32.7 Å². The summed E-state index contributed by atoms with van der Waals surface area (Å²) in [5, 5.41) is 16.9. The number of amides is 1. The monoisotopic (exact) mass is 399 g/mol. The molecular weight excluding hydrogens is 368 g/mol. The Hall–Kier alpha value is -2.10. The number of nitrogens with zero attached hydrogens (tertiary/aromatic N) is 2. The quantitative estimate of drug-likeness (QED) is 0.777. The summed E-state index contributed by atoms with van der Waals surface area (Å²) in [6, 6.07) is 6.94. The number of hydrogen-bond acceptors (Lipinski definition) is 3. The Bertz CT molecular complexity index is 824. The van der Waals surface area contributed by atoms with E-state index in [0.717, 1.165) is 11.3 Å². The van der Waals surface area contributed by atoms with Crippen molar-refractivity contribution in [2.24, 2.45) is 0 Å². The maximum Gasteiger partial charge on any atom is 0.280 e. The summed E-state index contributed by atoms with van der Waals surface area (Å²) < 4.78 is 2.06. The highest BCUT2D eigenvalue weighted by Gasteiger charge is 2.21. The molecule has 0 spiro atoms. The summed E-state index contributed by atoms with van der Waals surface area (Å²) >= 11 is 1.69. The average molecular weight is 400 g/mol. The zero-order valence-electron chi connectivity index (χ0n) is 17.0. The maximum atomic E-state index is 12.7. The normalized spacial score (nSPS) is 15.6. The maximum absolute atomic E-state index is 12.7. The number of thiophene rings is 1. The van der Waals surface area contributed by atoms with E-state index in [1.54, 1.807) is 11.3 Å². The van der Waals surface area contributed by atoms with Gasteiger partial charge in [0.2, 0.25) is 0 Å². The molecule has 0 aliphatic heterocycles. The molecule has 0 aromatic carbocycles. The lowest BCUT2D eigenvalue weighted by Gasteiger charge is -2.18. The topological polar surface area (TPSA) is 74.4 Å². The smallest absolute Gasteiger partial charge is 0.280 e. The average Bonchev–Trinajstić information content (AvgIpc) is 3.24. The fraction of sp³-hybridized carbons (Fsp3) is 0.545. The van der Waals surface area contributed by atoms with Crippen molar-refractivity contribution in [3.05, 3.63) is 39.2 Å². The standard InChI is InChI=1S/C22H30N4OS/c1-16-17(2)26(15-19-11-8-12-28-19)22(20(16)13-23)25-21(27)14-24-18-9-6-4-3-5-7-10-18/h8,11-12,18,24H,3-7,9-10,14-15H2,1-2H3,(H,25,27)/p+1. The Labute approximate surface area is 171 Å². The molecule has 1 amide bonds. The molecule has 6 heteroatoms. The van der Waals surface area contributed by atoms with Gasteiger partial charge in [0.05, 0.1) is 18.2 Å². The van der Waals surface area contributed by atoms with E-state index >= 15 is 0 Å². The molecule has 2 heterocycles. The number of carbonyl (C=O) groups excluding carboxylic acids is 1. The Balaban J connectivity index is 1.69. The van der Waals surface area contributed by atoms with Gasteiger partial charge in [0.15, 0.2) is 6.54 Å². The molecular formula is C22H31N4OS+. The summed E-state index contributed by atoms with van der Waals surface area (Å²) in [5.41, 5.74) is 2.55. The van der Waals surface area contributed by atoms with Crippen LogP contribution in [0.5, 0.6) is 0 Å². The Morgan fingerprint density at radius 3 is 2.64 bits per heavy atom. The highest BCUT2D eigenvalue weighted by atomic mass is 32.1. The summed E-state index contributed by atoms with van der Waals surface area (Å²) in [6.45, 7) is 5.06. The second-order valence-corrected chi connectivity index (χ2v) is 8.84. The highest BCUT2D eigenvalue weighted by molar-refractivity contribution is 7.09. The van der Waals surface area contributed by atoms with Crippen LogP contribution in [0, 0.1) is 25.2 Å². The highest BCUT2D eigenvalue weighted by Crippen LogP contribution is 2.28. The minimum atomic E-state index is -0.0245. The molecule has 0 bridgehead atoms. The zero-order chi connectivity index (χ0) is 19.9. The number of nitrogens with one attached hydrogen (secondary N) is 1. The van der Waals surface area contributed by atoms with Crippen LogP contribution in [-0.4, -0.2) is 23.1 Å². The number of carbonyl (C=O) groups is 1. The van der Waals surface area contributed by atoms with Crippen molar-refractivity contribution in [3.8, 4) is 6.07 Å². The van der Waals surface area contributed by atoms with Crippen molar-refractivity contribution in [3.63, 3.8) is 0 Å². The van der Waals surface area contributed by atoms with E-state index in [0.29, 0.717) is 30.5 Å². The van der Waals surface area contributed by atoms with Gasteiger partial charge in [0, 0.05) is 10.6 Å². The fourth-order valence-corrected chi connectivity index (χ4v) is 4.76. The van der Waals surface area contributed by atoms with Crippen LogP contribution < -0.4 is 10.6 Å². The van der Waals surface area contributed by atoms with E-state index in [4.69, 9.17) is 0 Å². The van der Waals surface area contributed by atoms with E-state index < -0.39 is 0 Å². The minimum Gasteiger partial charge on any atom is -0.336 e. The summed E-state index contributed by atoms with van der Waals surface area (Å²) in [4.78, 5) is 13.9. The Morgan fingerprint density at radius 1 is 1.29 bits per heavy atom. The molecule has 0 radical (unpaired) electrons. The number of hydrogen-bond donors (Lipinski definition) is 2. The second-order valence-electron chi connectivity index (χ2n) is 7.80. The SMILES string of the molecule is Cc1c(C#N)c(NC(=O)C[NH2+]C2CCCCCCC2)n(Cc2cccs2)c1C. The molecule has 1 fully saturated rings. The number of rotatable bonds is 6. The van der Waals surface area contributed by atoms with Gasteiger partial charge in [-0.15, -0.1) is 11.3 Å². The second kappa shape index (κ2) is 9.90. The predicted octanol–water partition coefficient (Wildman–Crippen LogP) is 3.70. The van der Waals surface area contributed by atoms with Crippen molar-refractivity contribution in [1.29, 1.82) is 5.26 Å². The molecule has 150 valence electrons. The van der Waals surface area contributed by atoms with Gasteiger partial charge in [0.25, 0.3) is 5.91 Å².